The van der Waals surface area contributed by atoms with E-state index in [1.165, 1.54) is 0 Å². The Bertz CT molecular complexity index is 356. The first-order valence-corrected chi connectivity index (χ1v) is 5.67. The molecule has 1 saturated heterocycles. The smallest absolute Gasteiger partial charge is 0.191 e. The van der Waals surface area contributed by atoms with E-state index in [1.807, 2.05) is 18.7 Å². The minimum atomic E-state index is 0.441. The average Bonchev–Trinajstić information content (AvgIpc) is 2.82. The molecule has 2 atom stereocenters. The van der Waals surface area contributed by atoms with Gasteiger partial charge in [-0.05, 0) is 12.3 Å². The second kappa shape index (κ2) is 4.55. The molecule has 0 bridgehead atoms. The highest BCUT2D eigenvalue weighted by molar-refractivity contribution is 5.78. The van der Waals surface area contributed by atoms with Crippen LogP contribution < -0.4 is 5.73 Å². The monoisotopic (exact) mass is 221 g/mol. The number of rotatable bonds is 1. The molecular weight excluding hydrogens is 202 g/mol. The highest BCUT2D eigenvalue weighted by Gasteiger charge is 2.27. The molecule has 0 aliphatic carbocycles. The van der Waals surface area contributed by atoms with Gasteiger partial charge in [0.25, 0.3) is 0 Å². The third-order valence-corrected chi connectivity index (χ3v) is 3.38. The first-order valence-electron chi connectivity index (χ1n) is 5.67. The first-order chi connectivity index (χ1) is 7.72. The van der Waals surface area contributed by atoms with E-state index in [1.54, 1.807) is 7.05 Å². The van der Waals surface area contributed by atoms with E-state index in [-0.39, 0.29) is 0 Å². The molecule has 0 aromatic carbocycles. The quantitative estimate of drug-likeness (QED) is 0.561. The van der Waals surface area contributed by atoms with Crippen LogP contribution in [0.25, 0.3) is 0 Å². The first kappa shape index (κ1) is 11.0. The zero-order valence-corrected chi connectivity index (χ0v) is 9.87. The molecule has 2 unspecified atom stereocenters. The highest BCUT2D eigenvalue weighted by atomic mass is 15.3. The number of nitrogens with zero attached hydrogens (tertiary/aromatic N) is 4. The summed E-state index contributed by atoms with van der Waals surface area (Å²) in [6.07, 6.45) is 6.86. The summed E-state index contributed by atoms with van der Waals surface area (Å²) in [5.74, 6) is 1.28. The van der Waals surface area contributed by atoms with Crippen molar-refractivity contribution in [3.05, 3.63) is 18.7 Å². The number of imidazole rings is 1. The van der Waals surface area contributed by atoms with Gasteiger partial charge in [-0.1, -0.05) is 6.92 Å². The number of piperidine rings is 1. The Morgan fingerprint density at radius 1 is 1.56 bits per heavy atom. The van der Waals surface area contributed by atoms with E-state index in [2.05, 4.69) is 26.4 Å². The van der Waals surface area contributed by atoms with Crippen molar-refractivity contribution < 1.29 is 0 Å². The van der Waals surface area contributed by atoms with Gasteiger partial charge in [-0.25, -0.2) is 4.98 Å². The van der Waals surface area contributed by atoms with E-state index in [4.69, 9.17) is 5.73 Å². The van der Waals surface area contributed by atoms with Gasteiger partial charge in [-0.2, -0.15) is 0 Å². The zero-order chi connectivity index (χ0) is 11.5. The SMILES string of the molecule is CN=C(N)N1CCC(C)C(n2ccnc2)C1. The molecule has 0 saturated carbocycles. The van der Waals surface area contributed by atoms with Crippen LogP contribution in [-0.4, -0.2) is 40.5 Å². The van der Waals surface area contributed by atoms with Crippen LogP contribution in [0.4, 0.5) is 0 Å². The van der Waals surface area contributed by atoms with Gasteiger partial charge < -0.3 is 15.2 Å². The number of nitrogens with two attached hydrogens (primary N) is 1. The predicted octanol–water partition coefficient (Wildman–Crippen LogP) is 0.710. The molecule has 0 radical (unpaired) electrons. The summed E-state index contributed by atoms with van der Waals surface area (Å²) in [5.41, 5.74) is 5.86. The number of guanidine groups is 1. The minimum Gasteiger partial charge on any atom is -0.370 e. The van der Waals surface area contributed by atoms with E-state index in [0.29, 0.717) is 17.9 Å². The van der Waals surface area contributed by atoms with Gasteiger partial charge in [0.15, 0.2) is 5.96 Å². The largest absolute Gasteiger partial charge is 0.370 e. The van der Waals surface area contributed by atoms with Gasteiger partial charge >= 0.3 is 0 Å². The number of hydrogen-bond donors (Lipinski definition) is 1. The average molecular weight is 221 g/mol. The second-order valence-electron chi connectivity index (χ2n) is 4.37. The maximum absolute atomic E-state index is 5.86. The van der Waals surface area contributed by atoms with Crippen LogP contribution in [-0.2, 0) is 0 Å². The van der Waals surface area contributed by atoms with Crippen LogP contribution in [0.5, 0.6) is 0 Å². The molecule has 1 aliphatic rings. The van der Waals surface area contributed by atoms with Crippen LogP contribution in [0, 0.1) is 5.92 Å². The Morgan fingerprint density at radius 3 is 3.00 bits per heavy atom. The summed E-state index contributed by atoms with van der Waals surface area (Å²) in [7, 11) is 1.74. The van der Waals surface area contributed by atoms with Crippen molar-refractivity contribution in [3.8, 4) is 0 Å². The van der Waals surface area contributed by atoms with Gasteiger partial charge in [0.2, 0.25) is 0 Å². The summed E-state index contributed by atoms with van der Waals surface area (Å²) in [6, 6.07) is 0.441. The van der Waals surface area contributed by atoms with Crippen LogP contribution in [0.2, 0.25) is 0 Å². The molecular formula is C11H19N5. The molecule has 88 valence electrons. The van der Waals surface area contributed by atoms with Crippen molar-refractivity contribution in [2.24, 2.45) is 16.6 Å². The van der Waals surface area contributed by atoms with Crippen molar-refractivity contribution >= 4 is 5.96 Å². The summed E-state index contributed by atoms with van der Waals surface area (Å²) in [4.78, 5) is 10.3. The number of hydrogen-bond acceptors (Lipinski definition) is 2. The van der Waals surface area contributed by atoms with Crippen LogP contribution >= 0.6 is 0 Å². The number of likely N-dealkylation sites (tertiary alicyclic amines) is 1. The van der Waals surface area contributed by atoms with Crippen molar-refractivity contribution in [1.29, 1.82) is 0 Å². The van der Waals surface area contributed by atoms with Crippen molar-refractivity contribution in [2.75, 3.05) is 20.1 Å². The van der Waals surface area contributed by atoms with E-state index < -0.39 is 0 Å². The van der Waals surface area contributed by atoms with Crippen molar-refractivity contribution in [3.63, 3.8) is 0 Å². The van der Waals surface area contributed by atoms with Crippen LogP contribution in [0.3, 0.4) is 0 Å². The second-order valence-corrected chi connectivity index (χ2v) is 4.37. The standard InChI is InChI=1S/C11H19N5/c1-9-3-5-15(11(12)13-2)7-10(9)16-6-4-14-8-16/h4,6,8-10H,3,5,7H2,1-2H3,(H2,12,13). The molecule has 1 aromatic rings. The highest BCUT2D eigenvalue weighted by Crippen LogP contribution is 2.26. The fourth-order valence-corrected chi connectivity index (χ4v) is 2.25. The van der Waals surface area contributed by atoms with Gasteiger partial charge in [-0.15, -0.1) is 0 Å². The van der Waals surface area contributed by atoms with Crippen molar-refractivity contribution in [2.45, 2.75) is 19.4 Å². The summed E-state index contributed by atoms with van der Waals surface area (Å²) >= 11 is 0. The third kappa shape index (κ3) is 2.03. The molecule has 5 heteroatoms. The lowest BCUT2D eigenvalue weighted by atomic mass is 9.93. The van der Waals surface area contributed by atoms with Crippen LogP contribution in [0.15, 0.2) is 23.7 Å². The summed E-state index contributed by atoms with van der Waals surface area (Å²) < 4.78 is 2.17. The number of aliphatic imine (C=N–C) groups is 1. The van der Waals surface area contributed by atoms with Crippen LogP contribution in [0.1, 0.15) is 19.4 Å². The molecule has 2 heterocycles. The van der Waals surface area contributed by atoms with E-state index in [0.717, 1.165) is 19.5 Å². The Balaban J connectivity index is 2.12. The summed E-state index contributed by atoms with van der Waals surface area (Å²) in [6.45, 7) is 4.19. The molecule has 2 rings (SSSR count). The van der Waals surface area contributed by atoms with Gasteiger partial charge in [0, 0.05) is 32.5 Å². The third-order valence-electron chi connectivity index (χ3n) is 3.38. The maximum atomic E-state index is 5.86. The molecule has 1 aliphatic heterocycles. The molecule has 0 amide bonds. The lowest BCUT2D eigenvalue weighted by molar-refractivity contribution is 0.191. The molecule has 0 spiro atoms. The normalized spacial score (nSPS) is 27.1. The maximum Gasteiger partial charge on any atom is 0.191 e. The Labute approximate surface area is 96.0 Å². The van der Waals surface area contributed by atoms with Gasteiger partial charge in [0.05, 0.1) is 12.4 Å². The Kier molecular flexibility index (Phi) is 3.12. The fourth-order valence-electron chi connectivity index (χ4n) is 2.25. The van der Waals surface area contributed by atoms with Gasteiger partial charge in [-0.3, -0.25) is 4.99 Å². The van der Waals surface area contributed by atoms with E-state index in [9.17, 15) is 0 Å². The zero-order valence-electron chi connectivity index (χ0n) is 9.87. The van der Waals surface area contributed by atoms with E-state index >= 15 is 0 Å². The lowest BCUT2D eigenvalue weighted by Gasteiger charge is -2.38. The topological polar surface area (TPSA) is 59.4 Å². The summed E-state index contributed by atoms with van der Waals surface area (Å²) in [5, 5.41) is 0. The molecule has 2 N–H and O–H groups in total. The molecule has 5 nitrogen and oxygen atoms in total. The predicted molar refractivity (Wildman–Crippen MR) is 64.2 cm³/mol. The molecule has 1 fully saturated rings. The minimum absolute atomic E-state index is 0.441. The number of aromatic nitrogens is 2. The Hall–Kier alpha value is -1.52. The van der Waals surface area contributed by atoms with Crippen molar-refractivity contribution in [1.82, 2.24) is 14.5 Å². The lowest BCUT2D eigenvalue weighted by Crippen LogP contribution is -2.46. The molecule has 16 heavy (non-hydrogen) atoms. The fraction of sp³-hybridized carbons (Fsp3) is 0.636. The Morgan fingerprint density at radius 2 is 2.38 bits per heavy atom. The molecule has 1 aromatic heterocycles. The van der Waals surface area contributed by atoms with Gasteiger partial charge in [0.1, 0.15) is 0 Å².